The van der Waals surface area contributed by atoms with E-state index >= 15 is 0 Å². The topological polar surface area (TPSA) is 21.3 Å². The molecule has 4 heteroatoms. The Labute approximate surface area is 435 Å². The predicted molar refractivity (Wildman–Crippen MR) is 314 cm³/mol. The van der Waals surface area contributed by atoms with Crippen LogP contribution >= 0.6 is 0 Å². The highest BCUT2D eigenvalue weighted by molar-refractivity contribution is 6.94. The number of benzene rings is 9. The van der Waals surface area contributed by atoms with Gasteiger partial charge in [0.2, 0.25) is 0 Å². The Kier molecular flexibility index (Phi) is 8.94. The van der Waals surface area contributed by atoms with Crippen LogP contribution in [0.2, 0.25) is 0 Å². The Hall–Kier alpha value is -7.56. The van der Waals surface area contributed by atoms with Gasteiger partial charge in [-0.05, 0) is 168 Å². The van der Waals surface area contributed by atoms with Crippen LogP contribution in [0.15, 0.2) is 180 Å². The van der Waals surface area contributed by atoms with E-state index in [1.807, 2.05) is 0 Å². The van der Waals surface area contributed by atoms with Crippen LogP contribution in [0.3, 0.4) is 0 Å². The molecule has 4 heterocycles. The number of nitrogens with zero attached hydrogens (tertiary/aromatic N) is 2. The average molecular weight is 957 g/mol. The van der Waals surface area contributed by atoms with Crippen LogP contribution in [0.5, 0.6) is 0 Å². The molecule has 0 fully saturated rings. The maximum atomic E-state index is 7.34. The highest BCUT2D eigenvalue weighted by atomic mass is 16.3. The number of furan rings is 1. The molecular weight excluding hydrogens is 896 g/mol. The Morgan fingerprint density at radius 3 is 1.68 bits per heavy atom. The maximum Gasteiger partial charge on any atom is 0.333 e. The van der Waals surface area contributed by atoms with E-state index in [0.29, 0.717) is 0 Å². The van der Waals surface area contributed by atoms with Gasteiger partial charge in [-0.3, -0.25) is 0 Å². The number of fused-ring (bicyclic) bond motifs is 12. The van der Waals surface area contributed by atoms with Crippen molar-refractivity contribution >= 4 is 72.7 Å². The molecule has 11 aromatic rings. The third-order valence-electron chi connectivity index (χ3n) is 18.7. The van der Waals surface area contributed by atoms with Gasteiger partial charge in [-0.1, -0.05) is 177 Å². The van der Waals surface area contributed by atoms with Crippen molar-refractivity contribution < 1.29 is 4.42 Å². The van der Waals surface area contributed by atoms with Gasteiger partial charge in [-0.25, -0.2) is 0 Å². The monoisotopic (exact) mass is 956 g/mol. The molecule has 3 nitrogen and oxygen atoms in total. The first kappa shape index (κ1) is 44.0. The number of hydrogen-bond donors (Lipinski definition) is 0. The molecule has 9 aromatic carbocycles. The minimum Gasteiger partial charge on any atom is -0.455 e. The molecule has 0 amide bonds. The Morgan fingerprint density at radius 2 is 1.01 bits per heavy atom. The molecule has 2 aliphatic heterocycles. The second kappa shape index (κ2) is 15.0. The van der Waals surface area contributed by atoms with Crippen molar-refractivity contribution in [3.8, 4) is 50.4 Å². The van der Waals surface area contributed by atoms with Crippen LogP contribution in [0.1, 0.15) is 103 Å². The van der Waals surface area contributed by atoms with Gasteiger partial charge in [0, 0.05) is 49.9 Å². The number of anilines is 2. The standard InChI is InChI=1S/C70H61BN2O/c1-67(2)30-31-68(3,4)54-36-47(28-29-53(54)67)73-59-40-56-55(69(5,6)32-33-70(56,7)8)38-49(59)50-37-48(42-20-12-9-13-21-42)63-51-34-45-26-18-19-27-46(45)35-58(51)72-60-39-52-61(41-57(60)71(73)64(50)65(63)72)74-66(44-24-16-11-17-25-44)62(52)43-22-14-10-15-23-43/h9-29,34-41H,30-33H2,1-8H3. The molecule has 0 bridgehead atoms. The molecule has 15 rings (SSSR count). The fourth-order valence-corrected chi connectivity index (χ4v) is 14.4. The van der Waals surface area contributed by atoms with E-state index in [9.17, 15) is 0 Å². The third-order valence-corrected chi connectivity index (χ3v) is 18.7. The van der Waals surface area contributed by atoms with Gasteiger partial charge in [0.25, 0.3) is 0 Å². The predicted octanol–water partition coefficient (Wildman–Crippen LogP) is 17.6. The number of rotatable bonds is 4. The first-order valence-corrected chi connectivity index (χ1v) is 27.1. The lowest BCUT2D eigenvalue weighted by molar-refractivity contribution is 0.332. The van der Waals surface area contributed by atoms with Gasteiger partial charge in [0.05, 0.1) is 11.0 Å². The molecule has 0 N–H and O–H groups in total. The molecule has 2 aromatic heterocycles. The molecule has 0 saturated carbocycles. The summed E-state index contributed by atoms with van der Waals surface area (Å²) >= 11 is 0. The normalized spacial score (nSPS) is 17.4. The number of hydrogen-bond acceptors (Lipinski definition) is 2. The summed E-state index contributed by atoms with van der Waals surface area (Å²) in [6.45, 7) is 19.6. The quantitative estimate of drug-likeness (QED) is 0.164. The molecule has 0 saturated heterocycles. The summed E-state index contributed by atoms with van der Waals surface area (Å²) < 4.78 is 10.0. The van der Waals surface area contributed by atoms with Crippen molar-refractivity contribution in [3.05, 3.63) is 198 Å². The second-order valence-corrected chi connectivity index (χ2v) is 24.9. The summed E-state index contributed by atoms with van der Waals surface area (Å²) in [7, 11) is 0. The Balaban J connectivity index is 1.16. The van der Waals surface area contributed by atoms with Crippen LogP contribution in [-0.2, 0) is 21.7 Å². The van der Waals surface area contributed by atoms with Gasteiger partial charge < -0.3 is 13.8 Å². The van der Waals surface area contributed by atoms with E-state index in [-0.39, 0.29) is 28.5 Å². The van der Waals surface area contributed by atoms with E-state index < -0.39 is 0 Å². The van der Waals surface area contributed by atoms with Gasteiger partial charge in [0.15, 0.2) is 0 Å². The molecule has 4 aliphatic rings. The van der Waals surface area contributed by atoms with E-state index in [1.54, 1.807) is 0 Å². The number of aromatic nitrogens is 1. The lowest BCUT2D eigenvalue weighted by atomic mass is 9.43. The van der Waals surface area contributed by atoms with Gasteiger partial charge in [0.1, 0.15) is 11.3 Å². The van der Waals surface area contributed by atoms with Crippen LogP contribution < -0.4 is 15.7 Å². The summed E-state index contributed by atoms with van der Waals surface area (Å²) in [5, 5.41) is 6.19. The largest absolute Gasteiger partial charge is 0.455 e. The fraction of sp³-hybridized carbons (Fsp3) is 0.229. The molecule has 0 unspecified atom stereocenters. The lowest BCUT2D eigenvalue weighted by Crippen LogP contribution is -2.60. The van der Waals surface area contributed by atoms with Crippen molar-refractivity contribution in [2.75, 3.05) is 4.81 Å². The highest BCUT2D eigenvalue weighted by Gasteiger charge is 2.48. The van der Waals surface area contributed by atoms with Crippen LogP contribution in [0.4, 0.5) is 11.4 Å². The van der Waals surface area contributed by atoms with Gasteiger partial charge >= 0.3 is 6.85 Å². The Morgan fingerprint density at radius 1 is 0.446 bits per heavy atom. The zero-order valence-electron chi connectivity index (χ0n) is 44.0. The van der Waals surface area contributed by atoms with Crippen LogP contribution in [-0.4, -0.2) is 11.4 Å². The average Bonchev–Trinajstić information content (AvgIpc) is 4.00. The Bertz CT molecular complexity index is 4190. The zero-order valence-corrected chi connectivity index (χ0v) is 44.0. The van der Waals surface area contributed by atoms with Crippen LogP contribution in [0.25, 0.3) is 93.9 Å². The second-order valence-electron chi connectivity index (χ2n) is 24.9. The molecular formula is C70H61BN2O. The van der Waals surface area contributed by atoms with E-state index in [4.69, 9.17) is 4.42 Å². The zero-order chi connectivity index (χ0) is 50.2. The summed E-state index contributed by atoms with van der Waals surface area (Å²) in [4.78, 5) is 2.79. The molecule has 0 radical (unpaired) electrons. The van der Waals surface area contributed by atoms with Crippen molar-refractivity contribution in [1.82, 2.24) is 4.57 Å². The van der Waals surface area contributed by atoms with Gasteiger partial charge in [-0.15, -0.1) is 0 Å². The van der Waals surface area contributed by atoms with Crippen molar-refractivity contribution in [1.29, 1.82) is 0 Å². The maximum absolute atomic E-state index is 7.34. The molecule has 360 valence electrons. The summed E-state index contributed by atoms with van der Waals surface area (Å²) in [5.74, 6) is 0.897. The lowest BCUT2D eigenvalue weighted by Gasteiger charge is -2.47. The van der Waals surface area contributed by atoms with E-state index in [1.165, 1.54) is 111 Å². The minimum absolute atomic E-state index is 0.00770. The first-order chi connectivity index (χ1) is 35.7. The highest BCUT2D eigenvalue weighted by Crippen LogP contribution is 2.56. The van der Waals surface area contributed by atoms with Crippen LogP contribution in [0, 0.1) is 0 Å². The molecule has 0 spiro atoms. The van der Waals surface area contributed by atoms with Gasteiger partial charge in [-0.2, -0.15) is 0 Å². The van der Waals surface area contributed by atoms with Crippen molar-refractivity contribution in [3.63, 3.8) is 0 Å². The van der Waals surface area contributed by atoms with E-state index in [2.05, 4.69) is 241 Å². The summed E-state index contributed by atoms with van der Waals surface area (Å²) in [5.41, 5.74) is 24.3. The van der Waals surface area contributed by atoms with E-state index in [0.717, 1.165) is 52.7 Å². The summed E-state index contributed by atoms with van der Waals surface area (Å²) in [6, 6.07) is 67.1. The SMILES string of the molecule is CC1(C)CCC(C)(C)c2cc(N3B4c5cc6oc(-c7ccccc7)c(-c7ccccc7)c6cc5-n5c6cc7ccccc7cc6c6c(-c7ccccc7)cc(c4c65)-c4cc5c(cc43)C(C)(C)CCC5(C)C)ccc21. The van der Waals surface area contributed by atoms with Crippen molar-refractivity contribution in [2.45, 2.75) is 103 Å². The first-order valence-electron chi connectivity index (χ1n) is 27.1. The third kappa shape index (κ3) is 6.09. The molecule has 74 heavy (non-hydrogen) atoms. The molecule has 2 aliphatic carbocycles. The smallest absolute Gasteiger partial charge is 0.333 e. The minimum atomic E-state index is -0.184. The fourth-order valence-electron chi connectivity index (χ4n) is 14.4. The summed E-state index contributed by atoms with van der Waals surface area (Å²) in [6.07, 6.45) is 4.63. The van der Waals surface area contributed by atoms with Crippen molar-refractivity contribution in [2.24, 2.45) is 0 Å². The molecule has 0 atom stereocenters.